The maximum atomic E-state index is 12.4. The summed E-state index contributed by atoms with van der Waals surface area (Å²) in [6, 6.07) is 9.66. The molecule has 2 amide bonds. The summed E-state index contributed by atoms with van der Waals surface area (Å²) in [5.41, 5.74) is -0.436. The number of esters is 1. The van der Waals surface area contributed by atoms with Crippen LogP contribution in [0.4, 0.5) is 5.69 Å². The van der Waals surface area contributed by atoms with E-state index in [1.807, 2.05) is 0 Å². The minimum Gasteiger partial charge on any atom is -0.467 e. The molecule has 7 nitrogen and oxygen atoms in total. The predicted octanol–water partition coefficient (Wildman–Crippen LogP) is 2.35. The minimum atomic E-state index is -1.28. The molecule has 0 saturated carbocycles. The molecule has 1 aromatic heterocycles. The molecule has 0 aliphatic heterocycles. The third kappa shape index (κ3) is 4.47. The van der Waals surface area contributed by atoms with Gasteiger partial charge in [0.25, 0.3) is 0 Å². The Morgan fingerprint density at radius 3 is 2.32 bits per heavy atom. The van der Waals surface area contributed by atoms with Crippen molar-refractivity contribution in [2.75, 3.05) is 12.4 Å². The lowest BCUT2D eigenvalue weighted by Gasteiger charge is -2.22. The van der Waals surface area contributed by atoms with Gasteiger partial charge in [-0.25, -0.2) is 4.79 Å². The first-order valence-corrected chi connectivity index (χ1v) is 7.65. The van der Waals surface area contributed by atoms with Gasteiger partial charge in [0.1, 0.15) is 11.2 Å². The lowest BCUT2D eigenvalue weighted by Crippen LogP contribution is -2.44. The second-order valence-corrected chi connectivity index (χ2v) is 5.91. The Bertz CT molecular complexity index is 748. The Labute approximate surface area is 145 Å². The summed E-state index contributed by atoms with van der Waals surface area (Å²) >= 11 is 0. The van der Waals surface area contributed by atoms with E-state index in [9.17, 15) is 14.4 Å². The van der Waals surface area contributed by atoms with Gasteiger partial charge in [-0.05, 0) is 50.2 Å². The van der Waals surface area contributed by atoms with Crippen LogP contribution in [0.15, 0.2) is 47.1 Å². The highest BCUT2D eigenvalue weighted by Gasteiger charge is 2.36. The third-order valence-electron chi connectivity index (χ3n) is 3.70. The Morgan fingerprint density at radius 1 is 1.08 bits per heavy atom. The van der Waals surface area contributed by atoms with Crippen LogP contribution in [0.3, 0.4) is 0 Å². The van der Waals surface area contributed by atoms with Gasteiger partial charge in [0.05, 0.1) is 25.5 Å². The molecule has 2 N–H and O–H groups in total. The maximum absolute atomic E-state index is 12.4. The molecule has 0 fully saturated rings. The van der Waals surface area contributed by atoms with E-state index in [0.717, 1.165) is 0 Å². The van der Waals surface area contributed by atoms with Gasteiger partial charge in [-0.1, -0.05) is 0 Å². The second-order valence-electron chi connectivity index (χ2n) is 5.91. The first kappa shape index (κ1) is 18.3. The quantitative estimate of drug-likeness (QED) is 0.619. The van der Waals surface area contributed by atoms with Crippen molar-refractivity contribution in [2.24, 2.45) is 5.41 Å². The molecule has 1 heterocycles. The molecule has 0 radical (unpaired) electrons. The summed E-state index contributed by atoms with van der Waals surface area (Å²) in [7, 11) is 1.29. The van der Waals surface area contributed by atoms with Gasteiger partial charge < -0.3 is 19.8 Å². The van der Waals surface area contributed by atoms with Crippen molar-refractivity contribution in [3.63, 3.8) is 0 Å². The molecule has 0 atom stereocenters. The summed E-state index contributed by atoms with van der Waals surface area (Å²) < 4.78 is 9.75. The number of rotatable bonds is 6. The summed E-state index contributed by atoms with van der Waals surface area (Å²) in [5.74, 6) is -0.749. The van der Waals surface area contributed by atoms with Crippen LogP contribution in [-0.4, -0.2) is 24.9 Å². The van der Waals surface area contributed by atoms with Crippen molar-refractivity contribution in [1.82, 2.24) is 5.32 Å². The standard InChI is InChI=1S/C18H20N2O5/c1-18(2,16(22)19-11-14-5-4-10-25-14)17(23)20-13-8-6-12(7-9-13)15(21)24-3/h4-10H,11H2,1-3H3,(H,19,22)(H,20,23). The molecule has 1 aromatic carbocycles. The van der Waals surface area contributed by atoms with Gasteiger partial charge in [-0.3, -0.25) is 9.59 Å². The number of nitrogens with one attached hydrogen (secondary N) is 2. The number of amides is 2. The average Bonchev–Trinajstić information content (AvgIpc) is 3.13. The van der Waals surface area contributed by atoms with Crippen LogP contribution in [-0.2, 0) is 20.9 Å². The minimum absolute atomic E-state index is 0.205. The summed E-state index contributed by atoms with van der Waals surface area (Å²) in [6.07, 6.45) is 1.51. The zero-order chi connectivity index (χ0) is 18.4. The van der Waals surface area contributed by atoms with Crippen LogP contribution in [0.5, 0.6) is 0 Å². The molecule has 2 rings (SSSR count). The highest BCUT2D eigenvalue weighted by molar-refractivity contribution is 6.09. The maximum Gasteiger partial charge on any atom is 0.337 e. The zero-order valence-corrected chi connectivity index (χ0v) is 14.3. The van der Waals surface area contributed by atoms with Crippen molar-refractivity contribution in [3.8, 4) is 0 Å². The van der Waals surface area contributed by atoms with Crippen LogP contribution in [0.1, 0.15) is 30.0 Å². The molecule has 0 saturated heterocycles. The predicted molar refractivity (Wildman–Crippen MR) is 90.7 cm³/mol. The van der Waals surface area contributed by atoms with E-state index < -0.39 is 23.2 Å². The lowest BCUT2D eigenvalue weighted by molar-refractivity contribution is -0.138. The van der Waals surface area contributed by atoms with E-state index in [0.29, 0.717) is 17.0 Å². The number of hydrogen-bond donors (Lipinski definition) is 2. The van der Waals surface area contributed by atoms with Gasteiger partial charge in [0, 0.05) is 5.69 Å². The Balaban J connectivity index is 1.97. The number of carbonyl (C=O) groups excluding carboxylic acids is 3. The van der Waals surface area contributed by atoms with Crippen molar-refractivity contribution < 1.29 is 23.5 Å². The van der Waals surface area contributed by atoms with Crippen molar-refractivity contribution in [3.05, 3.63) is 54.0 Å². The molecule has 0 aliphatic rings. The summed E-state index contributed by atoms with van der Waals surface area (Å²) in [4.78, 5) is 36.1. The van der Waals surface area contributed by atoms with Gasteiger partial charge in [-0.2, -0.15) is 0 Å². The van der Waals surface area contributed by atoms with Crippen LogP contribution in [0, 0.1) is 5.41 Å². The zero-order valence-electron chi connectivity index (χ0n) is 14.3. The highest BCUT2D eigenvalue weighted by Crippen LogP contribution is 2.20. The molecule has 7 heteroatoms. The van der Waals surface area contributed by atoms with Crippen molar-refractivity contribution in [1.29, 1.82) is 0 Å². The monoisotopic (exact) mass is 344 g/mol. The lowest BCUT2D eigenvalue weighted by atomic mass is 9.91. The van der Waals surface area contributed by atoms with E-state index in [1.165, 1.54) is 39.4 Å². The molecule has 0 aliphatic carbocycles. The van der Waals surface area contributed by atoms with Crippen LogP contribution >= 0.6 is 0 Å². The molecular formula is C18H20N2O5. The number of benzene rings is 1. The van der Waals surface area contributed by atoms with Crippen LogP contribution < -0.4 is 10.6 Å². The SMILES string of the molecule is COC(=O)c1ccc(NC(=O)C(C)(C)C(=O)NCc2ccco2)cc1. The van der Waals surface area contributed by atoms with Crippen molar-refractivity contribution in [2.45, 2.75) is 20.4 Å². The number of ether oxygens (including phenoxy) is 1. The topological polar surface area (TPSA) is 97.6 Å². The molecule has 0 bridgehead atoms. The number of carbonyl (C=O) groups is 3. The van der Waals surface area contributed by atoms with Gasteiger partial charge in [0.2, 0.25) is 11.8 Å². The Hall–Kier alpha value is -3.09. The second kappa shape index (κ2) is 7.65. The van der Waals surface area contributed by atoms with E-state index in [4.69, 9.17) is 4.42 Å². The molecular weight excluding hydrogens is 324 g/mol. The van der Waals surface area contributed by atoms with Crippen LogP contribution in [0.2, 0.25) is 0 Å². The first-order chi connectivity index (χ1) is 11.8. The summed E-state index contributed by atoms with van der Waals surface area (Å²) in [6.45, 7) is 3.27. The number of methoxy groups -OCH3 is 1. The fourth-order valence-corrected chi connectivity index (χ4v) is 2.00. The summed E-state index contributed by atoms with van der Waals surface area (Å²) in [5, 5.41) is 5.33. The van der Waals surface area contributed by atoms with E-state index in [2.05, 4.69) is 15.4 Å². The third-order valence-corrected chi connectivity index (χ3v) is 3.70. The first-order valence-electron chi connectivity index (χ1n) is 7.65. The number of hydrogen-bond acceptors (Lipinski definition) is 5. The van der Waals surface area contributed by atoms with Crippen molar-refractivity contribution >= 4 is 23.5 Å². The average molecular weight is 344 g/mol. The highest BCUT2D eigenvalue weighted by atomic mass is 16.5. The fourth-order valence-electron chi connectivity index (χ4n) is 2.00. The molecule has 132 valence electrons. The van der Waals surface area contributed by atoms with E-state index >= 15 is 0 Å². The molecule has 0 spiro atoms. The molecule has 2 aromatic rings. The number of anilines is 1. The Morgan fingerprint density at radius 2 is 1.76 bits per heavy atom. The normalized spacial score (nSPS) is 10.8. The molecule has 25 heavy (non-hydrogen) atoms. The smallest absolute Gasteiger partial charge is 0.337 e. The van der Waals surface area contributed by atoms with Gasteiger partial charge >= 0.3 is 5.97 Å². The Kier molecular flexibility index (Phi) is 5.59. The van der Waals surface area contributed by atoms with Gasteiger partial charge in [0.15, 0.2) is 0 Å². The van der Waals surface area contributed by atoms with E-state index in [-0.39, 0.29) is 6.54 Å². The fraction of sp³-hybridized carbons (Fsp3) is 0.278. The molecule has 0 unspecified atom stereocenters. The largest absolute Gasteiger partial charge is 0.467 e. The van der Waals surface area contributed by atoms with E-state index in [1.54, 1.807) is 24.3 Å². The number of furan rings is 1. The van der Waals surface area contributed by atoms with Gasteiger partial charge in [-0.15, -0.1) is 0 Å². The van der Waals surface area contributed by atoms with Crippen LogP contribution in [0.25, 0.3) is 0 Å².